The van der Waals surface area contributed by atoms with E-state index in [1.54, 1.807) is 0 Å². The van der Waals surface area contributed by atoms with Crippen LogP contribution in [0.5, 0.6) is 5.88 Å². The maximum atomic E-state index is 6.32. The molecule has 0 aliphatic carbocycles. The largest absolute Gasteiger partial charge is 0.477 e. The number of likely N-dealkylation sites (tertiary alicyclic amines) is 1. The van der Waals surface area contributed by atoms with E-state index in [-0.39, 0.29) is 0 Å². The van der Waals surface area contributed by atoms with Crippen molar-refractivity contribution < 1.29 is 4.74 Å². The molecule has 5 rings (SSSR count). The van der Waals surface area contributed by atoms with Crippen LogP contribution in [0.15, 0.2) is 67.0 Å². The zero-order valence-corrected chi connectivity index (χ0v) is 17.8. The Morgan fingerprint density at radius 2 is 1.63 bits per heavy atom. The fraction of sp³-hybridized carbons (Fsp3) is 0.346. The molecular weight excluding hydrogens is 370 g/mol. The minimum absolute atomic E-state index is 0.471. The quantitative estimate of drug-likeness (QED) is 0.439. The number of pyridine rings is 1. The lowest BCUT2D eigenvalue weighted by atomic mass is 9.95. The molecule has 4 heteroatoms. The van der Waals surface area contributed by atoms with Gasteiger partial charge in [0.15, 0.2) is 0 Å². The SMILES string of the molecule is CC(c1ccccc1)N1CCC(COc2nc3ccccc3c3cn(C)cc23)CC1. The number of nitrogens with zero attached hydrogens (tertiary/aromatic N) is 3. The molecule has 154 valence electrons. The normalized spacial score (nSPS) is 16.9. The lowest BCUT2D eigenvalue weighted by Gasteiger charge is -2.36. The Morgan fingerprint density at radius 1 is 0.933 bits per heavy atom. The van der Waals surface area contributed by atoms with Crippen molar-refractivity contribution in [3.8, 4) is 5.88 Å². The van der Waals surface area contributed by atoms with Gasteiger partial charge in [0, 0.05) is 36.3 Å². The number of fused-ring (bicyclic) bond motifs is 3. The van der Waals surface area contributed by atoms with E-state index in [9.17, 15) is 0 Å². The fourth-order valence-corrected chi connectivity index (χ4v) is 4.69. The third-order valence-corrected chi connectivity index (χ3v) is 6.54. The molecule has 0 bridgehead atoms. The van der Waals surface area contributed by atoms with Gasteiger partial charge in [0.2, 0.25) is 5.88 Å². The van der Waals surface area contributed by atoms with Gasteiger partial charge < -0.3 is 9.30 Å². The summed E-state index contributed by atoms with van der Waals surface area (Å²) in [7, 11) is 2.06. The summed E-state index contributed by atoms with van der Waals surface area (Å²) in [5.74, 6) is 1.35. The van der Waals surface area contributed by atoms with E-state index in [0.717, 1.165) is 36.5 Å². The topological polar surface area (TPSA) is 30.3 Å². The minimum Gasteiger partial charge on any atom is -0.477 e. The summed E-state index contributed by atoms with van der Waals surface area (Å²) in [6.07, 6.45) is 6.62. The van der Waals surface area contributed by atoms with Gasteiger partial charge in [0.25, 0.3) is 0 Å². The smallest absolute Gasteiger partial charge is 0.223 e. The molecular formula is C26H29N3O. The first-order valence-corrected chi connectivity index (χ1v) is 11.0. The van der Waals surface area contributed by atoms with Gasteiger partial charge in [-0.1, -0.05) is 48.5 Å². The highest BCUT2D eigenvalue weighted by molar-refractivity contribution is 6.07. The number of hydrogen-bond acceptors (Lipinski definition) is 3. The number of rotatable bonds is 5. The predicted molar refractivity (Wildman–Crippen MR) is 123 cm³/mol. The third kappa shape index (κ3) is 3.68. The van der Waals surface area contributed by atoms with Crippen LogP contribution in [0.2, 0.25) is 0 Å². The Hall–Kier alpha value is -2.85. The van der Waals surface area contributed by atoms with Crippen LogP contribution in [0.4, 0.5) is 0 Å². The summed E-state index contributed by atoms with van der Waals surface area (Å²) in [6.45, 7) is 5.30. The molecule has 30 heavy (non-hydrogen) atoms. The van der Waals surface area contributed by atoms with Crippen molar-refractivity contribution in [1.29, 1.82) is 0 Å². The molecule has 1 fully saturated rings. The summed E-state index contributed by atoms with van der Waals surface area (Å²) in [5, 5.41) is 3.50. The molecule has 4 aromatic rings. The molecule has 1 aliphatic rings. The number of hydrogen-bond donors (Lipinski definition) is 0. The van der Waals surface area contributed by atoms with Crippen LogP contribution in [-0.4, -0.2) is 34.1 Å². The average molecular weight is 400 g/mol. The molecule has 1 atom stereocenters. The molecule has 0 N–H and O–H groups in total. The number of benzene rings is 2. The second-order valence-electron chi connectivity index (χ2n) is 8.56. The number of aromatic nitrogens is 2. The van der Waals surface area contributed by atoms with E-state index in [2.05, 4.69) is 84.4 Å². The highest BCUT2D eigenvalue weighted by Gasteiger charge is 2.24. The summed E-state index contributed by atoms with van der Waals surface area (Å²) in [5.41, 5.74) is 2.40. The Balaban J connectivity index is 1.26. The van der Waals surface area contributed by atoms with Crippen molar-refractivity contribution in [3.63, 3.8) is 0 Å². The van der Waals surface area contributed by atoms with Crippen LogP contribution < -0.4 is 4.74 Å². The molecule has 1 saturated heterocycles. The van der Waals surface area contributed by atoms with Crippen molar-refractivity contribution in [2.75, 3.05) is 19.7 Å². The summed E-state index contributed by atoms with van der Waals surface area (Å²) in [6, 6.07) is 19.6. The van der Waals surface area contributed by atoms with E-state index < -0.39 is 0 Å². The van der Waals surface area contributed by atoms with Crippen LogP contribution in [0.3, 0.4) is 0 Å². The van der Waals surface area contributed by atoms with Crippen molar-refractivity contribution in [2.45, 2.75) is 25.8 Å². The van der Waals surface area contributed by atoms with E-state index in [0.29, 0.717) is 12.0 Å². The number of ether oxygens (including phenoxy) is 1. The maximum absolute atomic E-state index is 6.32. The van der Waals surface area contributed by atoms with Crippen molar-refractivity contribution in [2.24, 2.45) is 13.0 Å². The number of aryl methyl sites for hydroxylation is 1. The average Bonchev–Trinajstić information content (AvgIpc) is 3.20. The Morgan fingerprint density at radius 3 is 2.43 bits per heavy atom. The first-order valence-electron chi connectivity index (χ1n) is 11.0. The summed E-state index contributed by atoms with van der Waals surface area (Å²) < 4.78 is 8.41. The van der Waals surface area contributed by atoms with Gasteiger partial charge in [-0.3, -0.25) is 4.90 Å². The van der Waals surface area contributed by atoms with E-state index in [4.69, 9.17) is 9.72 Å². The fourth-order valence-electron chi connectivity index (χ4n) is 4.69. The highest BCUT2D eigenvalue weighted by atomic mass is 16.5. The second kappa shape index (κ2) is 8.11. The first kappa shape index (κ1) is 19.1. The Labute approximate surface area is 178 Å². The van der Waals surface area contributed by atoms with Crippen LogP contribution >= 0.6 is 0 Å². The number of piperidine rings is 1. The molecule has 1 aliphatic heterocycles. The summed E-state index contributed by atoms with van der Waals surface area (Å²) >= 11 is 0. The monoisotopic (exact) mass is 399 g/mol. The van der Waals surface area contributed by atoms with Crippen molar-refractivity contribution in [1.82, 2.24) is 14.5 Å². The number of para-hydroxylation sites is 1. The zero-order chi connectivity index (χ0) is 20.5. The van der Waals surface area contributed by atoms with E-state index in [1.807, 2.05) is 6.07 Å². The third-order valence-electron chi connectivity index (χ3n) is 6.54. The van der Waals surface area contributed by atoms with Crippen LogP contribution in [0.25, 0.3) is 21.7 Å². The molecule has 0 radical (unpaired) electrons. The summed E-state index contributed by atoms with van der Waals surface area (Å²) in [4.78, 5) is 7.43. The minimum atomic E-state index is 0.471. The second-order valence-corrected chi connectivity index (χ2v) is 8.56. The molecule has 1 unspecified atom stereocenters. The van der Waals surface area contributed by atoms with E-state index in [1.165, 1.54) is 29.2 Å². The Kier molecular flexibility index (Phi) is 5.17. The highest BCUT2D eigenvalue weighted by Crippen LogP contribution is 2.32. The maximum Gasteiger partial charge on any atom is 0.223 e. The zero-order valence-electron chi connectivity index (χ0n) is 17.8. The predicted octanol–water partition coefficient (Wildman–Crippen LogP) is 5.58. The molecule has 2 aromatic heterocycles. The van der Waals surface area contributed by atoms with Gasteiger partial charge in [-0.2, -0.15) is 0 Å². The van der Waals surface area contributed by atoms with Gasteiger partial charge in [0.1, 0.15) is 0 Å². The van der Waals surface area contributed by atoms with Gasteiger partial charge >= 0.3 is 0 Å². The van der Waals surface area contributed by atoms with E-state index >= 15 is 0 Å². The van der Waals surface area contributed by atoms with Gasteiger partial charge in [-0.15, -0.1) is 0 Å². The van der Waals surface area contributed by atoms with Gasteiger partial charge in [0.05, 0.1) is 17.5 Å². The van der Waals surface area contributed by atoms with Crippen LogP contribution in [0, 0.1) is 5.92 Å². The molecule has 3 heterocycles. The van der Waals surface area contributed by atoms with Crippen LogP contribution in [-0.2, 0) is 7.05 Å². The molecule has 0 amide bonds. The Bertz CT molecular complexity index is 1140. The van der Waals surface area contributed by atoms with Gasteiger partial charge in [-0.25, -0.2) is 4.98 Å². The standard InChI is InChI=1S/C26H29N3O/c1-19(21-8-4-3-5-9-21)29-14-12-20(13-15-29)18-30-26-24-17-28(2)16-23(24)22-10-6-7-11-25(22)27-26/h3-11,16-17,19-20H,12-15,18H2,1-2H3. The lowest BCUT2D eigenvalue weighted by Crippen LogP contribution is -2.37. The lowest BCUT2D eigenvalue weighted by molar-refractivity contribution is 0.112. The first-order chi connectivity index (χ1) is 14.7. The molecule has 4 nitrogen and oxygen atoms in total. The molecule has 0 spiro atoms. The van der Waals surface area contributed by atoms with Crippen molar-refractivity contribution in [3.05, 3.63) is 72.6 Å². The van der Waals surface area contributed by atoms with Crippen molar-refractivity contribution >= 4 is 21.7 Å². The van der Waals surface area contributed by atoms with Crippen LogP contribution in [0.1, 0.15) is 31.4 Å². The van der Waals surface area contributed by atoms with Gasteiger partial charge in [-0.05, 0) is 50.4 Å². The molecule has 0 saturated carbocycles. The molecule has 2 aromatic carbocycles.